The predicted octanol–water partition coefficient (Wildman–Crippen LogP) is 1.60. The largest absolute Gasteiger partial charge is 0.467 e. The van der Waals surface area contributed by atoms with Crippen LogP contribution in [-0.2, 0) is 6.54 Å². The van der Waals surface area contributed by atoms with Gasteiger partial charge in [0.1, 0.15) is 11.5 Å². The zero-order valence-corrected chi connectivity index (χ0v) is 10.3. The van der Waals surface area contributed by atoms with Crippen molar-refractivity contribution in [2.24, 2.45) is 0 Å². The molecule has 0 radical (unpaired) electrons. The Morgan fingerprint density at radius 3 is 3.11 bits per heavy atom. The smallest absolute Gasteiger partial charge is 0.270 e. The van der Waals surface area contributed by atoms with Crippen LogP contribution in [0.25, 0.3) is 0 Å². The van der Waals surface area contributed by atoms with Crippen molar-refractivity contribution in [1.82, 2.24) is 15.3 Å². The maximum atomic E-state index is 11.9. The van der Waals surface area contributed by atoms with E-state index < -0.39 is 0 Å². The summed E-state index contributed by atoms with van der Waals surface area (Å²) in [5.74, 6) is 0.804. The van der Waals surface area contributed by atoms with Crippen LogP contribution in [0.15, 0.2) is 47.7 Å². The normalized spacial score (nSPS) is 9.89. The van der Waals surface area contributed by atoms with Gasteiger partial charge in [-0.2, -0.15) is 0 Å². The van der Waals surface area contributed by atoms with Crippen molar-refractivity contribution in [2.45, 2.75) is 6.54 Å². The number of rotatable bonds is 6. The molecule has 2 aromatic heterocycles. The molecular weight excluding hydrogens is 244 g/mol. The number of nitrogens with one attached hydrogen (secondary N) is 2. The van der Waals surface area contributed by atoms with E-state index in [1.54, 1.807) is 30.5 Å². The van der Waals surface area contributed by atoms with Crippen LogP contribution in [-0.4, -0.2) is 22.4 Å². The number of anilines is 1. The fraction of sp³-hybridized carbons (Fsp3) is 0.154. The molecule has 2 rings (SSSR count). The molecule has 19 heavy (non-hydrogen) atoms. The van der Waals surface area contributed by atoms with Crippen LogP contribution in [0.4, 0.5) is 5.95 Å². The summed E-state index contributed by atoms with van der Waals surface area (Å²) in [6.45, 7) is 4.45. The van der Waals surface area contributed by atoms with Gasteiger partial charge >= 0.3 is 0 Å². The van der Waals surface area contributed by atoms with Crippen LogP contribution in [0.3, 0.4) is 0 Å². The molecule has 2 heterocycles. The van der Waals surface area contributed by atoms with Crippen LogP contribution < -0.4 is 10.6 Å². The number of aromatic nitrogens is 2. The molecule has 0 saturated carbocycles. The van der Waals surface area contributed by atoms with Gasteiger partial charge < -0.3 is 15.1 Å². The molecular formula is C13H14N4O2. The van der Waals surface area contributed by atoms with E-state index in [-0.39, 0.29) is 5.91 Å². The van der Waals surface area contributed by atoms with Crippen LogP contribution >= 0.6 is 0 Å². The van der Waals surface area contributed by atoms with E-state index >= 15 is 0 Å². The summed E-state index contributed by atoms with van der Waals surface area (Å²) in [6, 6.07) is 5.11. The van der Waals surface area contributed by atoms with Gasteiger partial charge in [-0.25, -0.2) is 9.97 Å². The predicted molar refractivity (Wildman–Crippen MR) is 70.6 cm³/mol. The van der Waals surface area contributed by atoms with Gasteiger partial charge in [-0.1, -0.05) is 6.08 Å². The monoisotopic (exact) mass is 258 g/mol. The molecule has 0 bridgehead atoms. The second kappa shape index (κ2) is 6.34. The first kappa shape index (κ1) is 12.8. The van der Waals surface area contributed by atoms with Gasteiger partial charge in [0.2, 0.25) is 5.95 Å². The topological polar surface area (TPSA) is 80.0 Å². The molecule has 0 spiro atoms. The molecule has 2 aromatic rings. The first-order valence-electron chi connectivity index (χ1n) is 5.78. The Morgan fingerprint density at radius 2 is 2.37 bits per heavy atom. The minimum absolute atomic E-state index is 0.277. The Hall–Kier alpha value is -2.63. The fourth-order valence-corrected chi connectivity index (χ4v) is 1.40. The van der Waals surface area contributed by atoms with Gasteiger partial charge in [0.15, 0.2) is 0 Å². The third-order valence-electron chi connectivity index (χ3n) is 2.30. The average Bonchev–Trinajstić information content (AvgIpc) is 2.96. The van der Waals surface area contributed by atoms with Crippen LogP contribution in [0.1, 0.15) is 16.2 Å². The number of nitrogens with zero attached hydrogens (tertiary/aromatic N) is 2. The highest BCUT2D eigenvalue weighted by Gasteiger charge is 2.08. The van der Waals surface area contributed by atoms with E-state index in [0.717, 1.165) is 0 Å². The molecule has 0 unspecified atom stereocenters. The van der Waals surface area contributed by atoms with Gasteiger partial charge in [-0.3, -0.25) is 4.79 Å². The summed E-state index contributed by atoms with van der Waals surface area (Å²) in [7, 11) is 0. The molecule has 6 heteroatoms. The van der Waals surface area contributed by atoms with Crippen LogP contribution in [0.5, 0.6) is 0 Å². The van der Waals surface area contributed by atoms with E-state index in [1.165, 1.54) is 6.20 Å². The Labute approximate surface area is 110 Å². The van der Waals surface area contributed by atoms with E-state index in [9.17, 15) is 4.79 Å². The Balaban J connectivity index is 1.96. The maximum absolute atomic E-state index is 11.9. The SMILES string of the molecule is C=CCNc1nccc(C(=O)NCc2ccco2)n1. The molecule has 0 saturated heterocycles. The lowest BCUT2D eigenvalue weighted by molar-refractivity contribution is 0.0943. The lowest BCUT2D eigenvalue weighted by atomic mass is 10.3. The highest BCUT2D eigenvalue weighted by molar-refractivity contribution is 5.92. The number of carbonyl (C=O) groups excluding carboxylic acids is 1. The van der Waals surface area contributed by atoms with Crippen molar-refractivity contribution in [3.63, 3.8) is 0 Å². The number of amides is 1. The number of hydrogen-bond acceptors (Lipinski definition) is 5. The molecule has 98 valence electrons. The molecule has 0 aliphatic carbocycles. The Kier molecular flexibility index (Phi) is 4.28. The molecule has 1 amide bonds. The summed E-state index contributed by atoms with van der Waals surface area (Å²) in [4.78, 5) is 20.0. The van der Waals surface area contributed by atoms with Gasteiger partial charge in [-0.05, 0) is 18.2 Å². The minimum Gasteiger partial charge on any atom is -0.467 e. The van der Waals surface area contributed by atoms with Gasteiger partial charge in [0.25, 0.3) is 5.91 Å². The summed E-state index contributed by atoms with van der Waals surface area (Å²) in [6.07, 6.45) is 4.77. The van der Waals surface area contributed by atoms with Crippen LogP contribution in [0, 0.1) is 0 Å². The summed E-state index contributed by atoms with van der Waals surface area (Å²) in [5, 5.41) is 5.63. The molecule has 0 fully saturated rings. The van der Waals surface area contributed by atoms with E-state index in [0.29, 0.717) is 30.5 Å². The maximum Gasteiger partial charge on any atom is 0.270 e. The summed E-state index contributed by atoms with van der Waals surface area (Å²) < 4.78 is 5.13. The third-order valence-corrected chi connectivity index (χ3v) is 2.30. The van der Waals surface area contributed by atoms with E-state index in [1.807, 2.05) is 0 Å². The van der Waals surface area contributed by atoms with E-state index in [4.69, 9.17) is 4.42 Å². The quantitative estimate of drug-likeness (QED) is 0.769. The number of hydrogen-bond donors (Lipinski definition) is 2. The van der Waals surface area contributed by atoms with Crippen molar-refractivity contribution in [3.8, 4) is 0 Å². The number of carbonyl (C=O) groups is 1. The van der Waals surface area contributed by atoms with Gasteiger partial charge in [0.05, 0.1) is 12.8 Å². The molecule has 0 aliphatic heterocycles. The lowest BCUT2D eigenvalue weighted by Gasteiger charge is -2.05. The first-order valence-corrected chi connectivity index (χ1v) is 5.78. The second-order valence-corrected chi connectivity index (χ2v) is 3.70. The van der Waals surface area contributed by atoms with Crippen molar-refractivity contribution < 1.29 is 9.21 Å². The fourth-order valence-electron chi connectivity index (χ4n) is 1.40. The third kappa shape index (κ3) is 3.67. The second-order valence-electron chi connectivity index (χ2n) is 3.70. The zero-order chi connectivity index (χ0) is 13.5. The molecule has 2 N–H and O–H groups in total. The Bertz CT molecular complexity index is 552. The highest BCUT2D eigenvalue weighted by atomic mass is 16.3. The average molecular weight is 258 g/mol. The lowest BCUT2D eigenvalue weighted by Crippen LogP contribution is -2.24. The zero-order valence-electron chi connectivity index (χ0n) is 10.3. The van der Waals surface area contributed by atoms with Crippen molar-refractivity contribution in [1.29, 1.82) is 0 Å². The molecule has 0 atom stereocenters. The van der Waals surface area contributed by atoms with Crippen LogP contribution in [0.2, 0.25) is 0 Å². The van der Waals surface area contributed by atoms with Crippen molar-refractivity contribution >= 4 is 11.9 Å². The molecule has 6 nitrogen and oxygen atoms in total. The van der Waals surface area contributed by atoms with Crippen molar-refractivity contribution in [3.05, 3.63) is 54.8 Å². The highest BCUT2D eigenvalue weighted by Crippen LogP contribution is 2.02. The molecule has 0 aromatic carbocycles. The standard InChI is InChI=1S/C13H14N4O2/c1-2-6-14-13-15-7-5-11(17-13)12(18)16-9-10-4-3-8-19-10/h2-5,7-8H,1,6,9H2,(H,16,18)(H,14,15,17). The van der Waals surface area contributed by atoms with E-state index in [2.05, 4.69) is 27.2 Å². The summed E-state index contributed by atoms with van der Waals surface area (Å²) >= 11 is 0. The Morgan fingerprint density at radius 1 is 1.47 bits per heavy atom. The first-order chi connectivity index (χ1) is 9.29. The number of furan rings is 1. The van der Waals surface area contributed by atoms with Gasteiger partial charge in [-0.15, -0.1) is 6.58 Å². The van der Waals surface area contributed by atoms with Gasteiger partial charge in [0, 0.05) is 12.7 Å². The molecule has 0 aliphatic rings. The van der Waals surface area contributed by atoms with Crippen molar-refractivity contribution in [2.75, 3.05) is 11.9 Å². The minimum atomic E-state index is -0.277. The summed E-state index contributed by atoms with van der Waals surface area (Å²) in [5.41, 5.74) is 0.299.